The average molecular weight is 244 g/mol. The van der Waals surface area contributed by atoms with Gasteiger partial charge in [0.2, 0.25) is 0 Å². The molecule has 1 N–H and O–H groups in total. The van der Waals surface area contributed by atoms with Crippen LogP contribution >= 0.6 is 11.3 Å². The standard InChI is InChI=1S/C12H12N4S/c1-8-2-3-10-11(4-8)17-12(16-10)15-7-9(5-13)6-14/h7-8H,2-4H2,1H3,(H,15,16)/t8-/m0/s1. The molecule has 0 spiro atoms. The smallest absolute Gasteiger partial charge is 0.187 e. The highest BCUT2D eigenvalue weighted by molar-refractivity contribution is 7.15. The summed E-state index contributed by atoms with van der Waals surface area (Å²) in [5.41, 5.74) is 1.23. The van der Waals surface area contributed by atoms with Crippen molar-refractivity contribution in [2.45, 2.75) is 26.2 Å². The lowest BCUT2D eigenvalue weighted by Gasteiger charge is -2.15. The first kappa shape index (κ1) is 11.6. The van der Waals surface area contributed by atoms with Gasteiger partial charge in [0.05, 0.1) is 5.69 Å². The summed E-state index contributed by atoms with van der Waals surface area (Å²) in [6, 6.07) is 3.61. The first-order chi connectivity index (χ1) is 8.22. The SMILES string of the molecule is C[C@H]1CCc2nc(NC=C(C#N)C#N)sc2C1. The maximum Gasteiger partial charge on any atom is 0.187 e. The van der Waals surface area contributed by atoms with Crippen LogP contribution in [-0.4, -0.2) is 4.98 Å². The van der Waals surface area contributed by atoms with Gasteiger partial charge in [0.25, 0.3) is 0 Å². The molecule has 86 valence electrons. The highest BCUT2D eigenvalue weighted by Crippen LogP contribution is 2.32. The molecular weight excluding hydrogens is 232 g/mol. The molecule has 0 amide bonds. The second kappa shape index (κ2) is 4.99. The number of hydrogen-bond acceptors (Lipinski definition) is 5. The van der Waals surface area contributed by atoms with Gasteiger partial charge in [0.1, 0.15) is 17.7 Å². The number of fused-ring (bicyclic) bond motifs is 1. The molecule has 1 aliphatic carbocycles. The van der Waals surface area contributed by atoms with Crippen LogP contribution in [0.1, 0.15) is 23.9 Å². The number of aromatic nitrogens is 1. The van der Waals surface area contributed by atoms with Crippen LogP contribution < -0.4 is 5.32 Å². The molecule has 0 unspecified atom stereocenters. The van der Waals surface area contributed by atoms with Crippen LogP contribution in [-0.2, 0) is 12.8 Å². The molecule has 1 aliphatic rings. The second-order valence-electron chi connectivity index (χ2n) is 4.16. The number of nitriles is 2. The quantitative estimate of drug-likeness (QED) is 0.812. The first-order valence-electron chi connectivity index (χ1n) is 5.48. The van der Waals surface area contributed by atoms with Crippen molar-refractivity contribution in [2.75, 3.05) is 5.32 Å². The summed E-state index contributed by atoms with van der Waals surface area (Å²) in [5.74, 6) is 0.722. The summed E-state index contributed by atoms with van der Waals surface area (Å²) in [6.45, 7) is 2.25. The zero-order valence-corrected chi connectivity index (χ0v) is 10.3. The average Bonchev–Trinajstić information content (AvgIpc) is 2.72. The molecular formula is C12H12N4S. The Bertz CT molecular complexity index is 514. The highest BCUT2D eigenvalue weighted by atomic mass is 32.1. The van der Waals surface area contributed by atoms with Crippen LogP contribution in [0, 0.1) is 28.6 Å². The Morgan fingerprint density at radius 1 is 1.53 bits per heavy atom. The predicted molar refractivity (Wildman–Crippen MR) is 66.2 cm³/mol. The molecule has 0 fully saturated rings. The van der Waals surface area contributed by atoms with Gasteiger partial charge in [-0.05, 0) is 25.2 Å². The Balaban J connectivity index is 2.12. The summed E-state index contributed by atoms with van der Waals surface area (Å²) in [5, 5.41) is 20.9. The van der Waals surface area contributed by atoms with Crippen molar-refractivity contribution < 1.29 is 0 Å². The van der Waals surface area contributed by atoms with Crippen molar-refractivity contribution >= 4 is 16.5 Å². The Labute approximate surface area is 104 Å². The first-order valence-corrected chi connectivity index (χ1v) is 6.30. The molecule has 2 rings (SSSR count). The van der Waals surface area contributed by atoms with E-state index in [1.165, 1.54) is 23.2 Å². The minimum Gasteiger partial charge on any atom is -0.336 e. The Morgan fingerprint density at radius 3 is 3.00 bits per heavy atom. The van der Waals surface area contributed by atoms with Crippen molar-refractivity contribution in [1.82, 2.24) is 4.98 Å². The van der Waals surface area contributed by atoms with Crippen LogP contribution in [0.3, 0.4) is 0 Å². The number of rotatable bonds is 2. The molecule has 1 aromatic heterocycles. The van der Waals surface area contributed by atoms with Gasteiger partial charge in [-0.25, -0.2) is 4.98 Å². The molecule has 17 heavy (non-hydrogen) atoms. The van der Waals surface area contributed by atoms with Gasteiger partial charge in [-0.2, -0.15) is 10.5 Å². The van der Waals surface area contributed by atoms with Crippen LogP contribution in [0.2, 0.25) is 0 Å². The molecule has 0 aliphatic heterocycles. The molecule has 1 heterocycles. The Hall–Kier alpha value is -1.85. The minimum absolute atomic E-state index is 0.0616. The fraction of sp³-hybridized carbons (Fsp3) is 0.417. The predicted octanol–water partition coefficient (Wildman–Crippen LogP) is 2.61. The number of aryl methyl sites for hydroxylation is 1. The molecule has 4 nitrogen and oxygen atoms in total. The van der Waals surface area contributed by atoms with Gasteiger partial charge < -0.3 is 5.32 Å². The van der Waals surface area contributed by atoms with Gasteiger partial charge >= 0.3 is 0 Å². The van der Waals surface area contributed by atoms with Crippen molar-refractivity contribution in [2.24, 2.45) is 5.92 Å². The number of nitrogens with zero attached hydrogens (tertiary/aromatic N) is 3. The molecule has 5 heteroatoms. The lowest BCUT2D eigenvalue weighted by Crippen LogP contribution is -2.09. The molecule has 0 saturated heterocycles. The molecule has 1 aromatic rings. The van der Waals surface area contributed by atoms with E-state index in [0.717, 1.165) is 23.9 Å². The highest BCUT2D eigenvalue weighted by Gasteiger charge is 2.19. The number of thiazole rings is 1. The van der Waals surface area contributed by atoms with Crippen molar-refractivity contribution in [3.05, 3.63) is 22.3 Å². The van der Waals surface area contributed by atoms with Gasteiger partial charge in [-0.3, -0.25) is 0 Å². The second-order valence-corrected chi connectivity index (χ2v) is 5.25. The zero-order valence-electron chi connectivity index (χ0n) is 9.53. The van der Waals surface area contributed by atoms with E-state index in [1.54, 1.807) is 23.5 Å². The zero-order chi connectivity index (χ0) is 12.3. The molecule has 0 aromatic carbocycles. The third-order valence-corrected chi connectivity index (χ3v) is 3.82. The Kier molecular flexibility index (Phi) is 3.41. The largest absolute Gasteiger partial charge is 0.336 e. The van der Waals surface area contributed by atoms with Crippen LogP contribution in [0.15, 0.2) is 11.8 Å². The lowest BCUT2D eigenvalue weighted by atomic mass is 9.93. The van der Waals surface area contributed by atoms with E-state index in [2.05, 4.69) is 17.2 Å². The molecule has 0 saturated carbocycles. The van der Waals surface area contributed by atoms with E-state index in [4.69, 9.17) is 10.5 Å². The van der Waals surface area contributed by atoms with E-state index in [0.29, 0.717) is 0 Å². The maximum absolute atomic E-state index is 8.60. The van der Waals surface area contributed by atoms with Crippen molar-refractivity contribution in [1.29, 1.82) is 10.5 Å². The number of hydrogen-bond donors (Lipinski definition) is 1. The van der Waals surface area contributed by atoms with Crippen molar-refractivity contribution in [3.63, 3.8) is 0 Å². The summed E-state index contributed by atoms with van der Waals surface area (Å²) in [6.07, 6.45) is 4.71. The monoisotopic (exact) mass is 244 g/mol. The van der Waals surface area contributed by atoms with Gasteiger partial charge in [-0.15, -0.1) is 11.3 Å². The lowest BCUT2D eigenvalue weighted by molar-refractivity contribution is 0.502. The van der Waals surface area contributed by atoms with Gasteiger partial charge in [0, 0.05) is 11.1 Å². The molecule has 1 atom stereocenters. The van der Waals surface area contributed by atoms with Crippen LogP contribution in [0.5, 0.6) is 0 Å². The third-order valence-electron chi connectivity index (χ3n) is 2.77. The van der Waals surface area contributed by atoms with Crippen LogP contribution in [0.25, 0.3) is 0 Å². The fourth-order valence-electron chi connectivity index (χ4n) is 1.83. The van der Waals surface area contributed by atoms with Crippen molar-refractivity contribution in [3.8, 4) is 12.1 Å². The fourth-order valence-corrected chi connectivity index (χ4v) is 2.97. The van der Waals surface area contributed by atoms with Gasteiger partial charge in [-0.1, -0.05) is 6.92 Å². The van der Waals surface area contributed by atoms with E-state index in [9.17, 15) is 0 Å². The summed E-state index contributed by atoms with van der Waals surface area (Å²) in [4.78, 5) is 5.80. The van der Waals surface area contributed by atoms with E-state index < -0.39 is 0 Å². The summed E-state index contributed by atoms with van der Waals surface area (Å²) < 4.78 is 0. The summed E-state index contributed by atoms with van der Waals surface area (Å²) in [7, 11) is 0. The third kappa shape index (κ3) is 2.64. The summed E-state index contributed by atoms with van der Waals surface area (Å²) >= 11 is 1.62. The van der Waals surface area contributed by atoms with E-state index in [-0.39, 0.29) is 5.57 Å². The van der Waals surface area contributed by atoms with Gasteiger partial charge in [0.15, 0.2) is 5.13 Å². The molecule has 0 radical (unpaired) electrons. The molecule has 0 bridgehead atoms. The normalized spacial score (nSPS) is 17.5. The van der Waals surface area contributed by atoms with E-state index in [1.807, 2.05) is 0 Å². The van der Waals surface area contributed by atoms with E-state index >= 15 is 0 Å². The van der Waals surface area contributed by atoms with Crippen LogP contribution in [0.4, 0.5) is 5.13 Å². The number of allylic oxidation sites excluding steroid dienone is 1. The number of anilines is 1. The topological polar surface area (TPSA) is 72.5 Å². The Morgan fingerprint density at radius 2 is 2.29 bits per heavy atom. The minimum atomic E-state index is 0.0616. The maximum atomic E-state index is 8.60. The number of nitrogens with one attached hydrogen (secondary N) is 1.